The molecule has 0 aliphatic rings. The maximum absolute atomic E-state index is 12.5. The topological polar surface area (TPSA) is 71.7 Å². The van der Waals surface area contributed by atoms with Gasteiger partial charge < -0.3 is 4.42 Å². The highest BCUT2D eigenvalue weighted by Crippen LogP contribution is 2.26. The summed E-state index contributed by atoms with van der Waals surface area (Å²) in [7, 11) is -3.73. The van der Waals surface area contributed by atoms with Crippen molar-refractivity contribution in [1.29, 1.82) is 0 Å². The van der Waals surface area contributed by atoms with Crippen molar-refractivity contribution in [1.82, 2.24) is 4.83 Å². The van der Waals surface area contributed by atoms with Crippen LogP contribution in [-0.4, -0.2) is 14.6 Å². The molecule has 0 atom stereocenters. The summed E-state index contributed by atoms with van der Waals surface area (Å²) >= 11 is 0. The Morgan fingerprint density at radius 3 is 2.39 bits per heavy atom. The first kappa shape index (κ1) is 17.3. The van der Waals surface area contributed by atoms with Crippen LogP contribution in [0.15, 0.2) is 44.7 Å². The summed E-state index contributed by atoms with van der Waals surface area (Å²) in [5.74, 6) is 1.23. The van der Waals surface area contributed by atoms with Gasteiger partial charge in [0, 0.05) is 0 Å². The van der Waals surface area contributed by atoms with E-state index in [9.17, 15) is 8.42 Å². The maximum atomic E-state index is 12.5. The van der Waals surface area contributed by atoms with Crippen molar-refractivity contribution < 1.29 is 12.8 Å². The van der Waals surface area contributed by atoms with Gasteiger partial charge in [0.1, 0.15) is 11.5 Å². The standard InChI is InChI=1S/C17H22N2O3S/c1-12-6-8-14(17(3,4)5)10-16(12)23(20,21)19-18-11-15-9-7-13(2)22-15/h6-11,19H,1-5H3/b18-11+. The molecule has 0 spiro atoms. The second-order valence-electron chi connectivity index (χ2n) is 6.53. The number of sulfonamides is 1. The predicted octanol–water partition coefficient (Wildman–Crippen LogP) is 3.51. The van der Waals surface area contributed by atoms with Crippen LogP contribution in [0.1, 0.15) is 43.4 Å². The van der Waals surface area contributed by atoms with Crippen molar-refractivity contribution in [3.63, 3.8) is 0 Å². The van der Waals surface area contributed by atoms with Crippen LogP contribution in [-0.2, 0) is 15.4 Å². The molecule has 6 heteroatoms. The highest BCUT2D eigenvalue weighted by atomic mass is 32.2. The molecule has 0 unspecified atom stereocenters. The van der Waals surface area contributed by atoms with Gasteiger partial charge in [0.2, 0.25) is 0 Å². The average Bonchev–Trinajstić information content (AvgIpc) is 2.83. The van der Waals surface area contributed by atoms with E-state index in [-0.39, 0.29) is 10.3 Å². The summed E-state index contributed by atoms with van der Waals surface area (Å²) in [5, 5.41) is 3.78. The van der Waals surface area contributed by atoms with E-state index in [1.54, 1.807) is 25.1 Å². The van der Waals surface area contributed by atoms with E-state index in [1.807, 2.05) is 39.8 Å². The van der Waals surface area contributed by atoms with Crippen LogP contribution >= 0.6 is 0 Å². The first-order valence-electron chi connectivity index (χ1n) is 7.32. The van der Waals surface area contributed by atoms with E-state index >= 15 is 0 Å². The van der Waals surface area contributed by atoms with E-state index in [4.69, 9.17) is 4.42 Å². The van der Waals surface area contributed by atoms with Gasteiger partial charge in [-0.3, -0.25) is 0 Å². The first-order valence-corrected chi connectivity index (χ1v) is 8.80. The Morgan fingerprint density at radius 1 is 1.13 bits per heavy atom. The molecule has 1 aromatic heterocycles. The molecule has 2 aromatic rings. The highest BCUT2D eigenvalue weighted by molar-refractivity contribution is 7.89. The van der Waals surface area contributed by atoms with Gasteiger partial charge >= 0.3 is 0 Å². The van der Waals surface area contributed by atoms with Crippen LogP contribution in [0.3, 0.4) is 0 Å². The lowest BCUT2D eigenvalue weighted by Gasteiger charge is -2.20. The summed E-state index contributed by atoms with van der Waals surface area (Å²) in [4.78, 5) is 2.47. The van der Waals surface area contributed by atoms with Crippen LogP contribution in [0.5, 0.6) is 0 Å². The summed E-state index contributed by atoms with van der Waals surface area (Å²) in [6.07, 6.45) is 1.34. The Hall–Kier alpha value is -2.08. The molecule has 0 radical (unpaired) electrons. The molecule has 0 aliphatic carbocycles. The molecule has 1 aromatic carbocycles. The highest BCUT2D eigenvalue weighted by Gasteiger charge is 2.21. The number of furan rings is 1. The summed E-state index contributed by atoms with van der Waals surface area (Å²) in [6.45, 7) is 9.69. The van der Waals surface area contributed by atoms with Gasteiger partial charge in [-0.2, -0.15) is 18.4 Å². The molecule has 1 N–H and O–H groups in total. The lowest BCUT2D eigenvalue weighted by atomic mass is 9.87. The van der Waals surface area contributed by atoms with Gasteiger partial charge in [-0.1, -0.05) is 32.9 Å². The third-order valence-electron chi connectivity index (χ3n) is 3.47. The summed E-state index contributed by atoms with van der Waals surface area (Å²) in [6, 6.07) is 8.97. The van der Waals surface area contributed by atoms with Crippen molar-refractivity contribution in [3.8, 4) is 0 Å². The zero-order valence-electron chi connectivity index (χ0n) is 14.0. The molecule has 0 fully saturated rings. The van der Waals surface area contributed by atoms with Gasteiger partial charge in [-0.15, -0.1) is 0 Å². The fourth-order valence-electron chi connectivity index (χ4n) is 2.09. The van der Waals surface area contributed by atoms with Gasteiger partial charge in [0.15, 0.2) is 0 Å². The molecule has 0 aliphatic heterocycles. The van der Waals surface area contributed by atoms with Gasteiger partial charge in [0.25, 0.3) is 10.0 Å². The van der Waals surface area contributed by atoms with Crippen LogP contribution < -0.4 is 4.83 Å². The normalized spacial score (nSPS) is 12.7. The second kappa shape index (κ2) is 6.20. The van der Waals surface area contributed by atoms with Crippen molar-refractivity contribution in [2.45, 2.75) is 44.9 Å². The predicted molar refractivity (Wildman–Crippen MR) is 91.2 cm³/mol. The first-order chi connectivity index (χ1) is 10.6. The minimum atomic E-state index is -3.73. The number of nitrogens with zero attached hydrogens (tertiary/aromatic N) is 1. The summed E-state index contributed by atoms with van der Waals surface area (Å²) in [5.41, 5.74) is 1.50. The maximum Gasteiger partial charge on any atom is 0.276 e. The molecular formula is C17H22N2O3S. The molecule has 0 saturated carbocycles. The third kappa shape index (κ3) is 4.22. The molecule has 0 bridgehead atoms. The molecule has 124 valence electrons. The Balaban J connectivity index is 2.27. The molecule has 2 rings (SSSR count). The van der Waals surface area contributed by atoms with Gasteiger partial charge in [-0.05, 0) is 48.6 Å². The monoisotopic (exact) mass is 334 g/mol. The van der Waals surface area contributed by atoms with Crippen LogP contribution in [0.4, 0.5) is 0 Å². The van der Waals surface area contributed by atoms with Crippen LogP contribution in [0.2, 0.25) is 0 Å². The van der Waals surface area contributed by atoms with Crippen molar-refractivity contribution in [2.24, 2.45) is 5.10 Å². The number of benzene rings is 1. The number of hydrazone groups is 1. The fourth-order valence-corrected chi connectivity index (χ4v) is 3.15. The minimum Gasteiger partial charge on any atom is -0.460 e. The van der Waals surface area contributed by atoms with Crippen molar-refractivity contribution >= 4 is 16.2 Å². The van der Waals surface area contributed by atoms with Crippen molar-refractivity contribution in [2.75, 3.05) is 0 Å². The second-order valence-corrected chi connectivity index (χ2v) is 8.16. The van der Waals surface area contributed by atoms with E-state index in [0.29, 0.717) is 11.3 Å². The Morgan fingerprint density at radius 2 is 1.83 bits per heavy atom. The van der Waals surface area contributed by atoms with E-state index in [1.165, 1.54) is 6.21 Å². The lowest BCUT2D eigenvalue weighted by molar-refractivity contribution is 0.527. The lowest BCUT2D eigenvalue weighted by Crippen LogP contribution is -2.21. The van der Waals surface area contributed by atoms with E-state index in [2.05, 4.69) is 9.93 Å². The fraction of sp³-hybridized carbons (Fsp3) is 0.353. The Bertz CT molecular complexity index is 828. The molecule has 23 heavy (non-hydrogen) atoms. The molecule has 0 saturated heterocycles. The van der Waals surface area contributed by atoms with Gasteiger partial charge in [0.05, 0.1) is 11.1 Å². The summed E-state index contributed by atoms with van der Waals surface area (Å²) < 4.78 is 30.3. The smallest absolute Gasteiger partial charge is 0.276 e. The van der Waals surface area contributed by atoms with Crippen LogP contribution in [0, 0.1) is 13.8 Å². The molecular weight excluding hydrogens is 312 g/mol. The number of rotatable bonds is 4. The number of hydrogen-bond acceptors (Lipinski definition) is 4. The number of aryl methyl sites for hydroxylation is 2. The van der Waals surface area contributed by atoms with E-state index in [0.717, 1.165) is 11.3 Å². The Labute approximate surface area is 137 Å². The molecule has 1 heterocycles. The minimum absolute atomic E-state index is 0.132. The third-order valence-corrected chi connectivity index (χ3v) is 4.83. The van der Waals surface area contributed by atoms with Gasteiger partial charge in [-0.25, -0.2) is 0 Å². The quantitative estimate of drug-likeness (QED) is 0.687. The zero-order valence-corrected chi connectivity index (χ0v) is 14.9. The SMILES string of the molecule is Cc1ccc(/C=N/NS(=O)(=O)c2cc(C(C)(C)C)ccc2C)o1. The van der Waals surface area contributed by atoms with Crippen LogP contribution in [0.25, 0.3) is 0 Å². The van der Waals surface area contributed by atoms with Crippen molar-refractivity contribution in [3.05, 3.63) is 53.0 Å². The van der Waals surface area contributed by atoms with E-state index < -0.39 is 10.0 Å². The largest absolute Gasteiger partial charge is 0.460 e. The average molecular weight is 334 g/mol. The molecule has 0 amide bonds. The Kier molecular flexibility index (Phi) is 4.66. The molecule has 5 nitrogen and oxygen atoms in total. The zero-order chi connectivity index (χ0) is 17.3. The number of hydrogen-bond donors (Lipinski definition) is 1. The number of nitrogens with one attached hydrogen (secondary N) is 1.